The first-order valence-corrected chi connectivity index (χ1v) is 6.45. The number of nitrogens with one attached hydrogen (secondary N) is 2. The summed E-state index contributed by atoms with van der Waals surface area (Å²) in [5.74, 6) is 0.520. The molecule has 1 unspecified atom stereocenters. The summed E-state index contributed by atoms with van der Waals surface area (Å²) in [6, 6.07) is -0.0151. The van der Waals surface area contributed by atoms with Gasteiger partial charge in [-0.3, -0.25) is 0 Å². The lowest BCUT2D eigenvalue weighted by molar-refractivity contribution is 0.530. The van der Waals surface area contributed by atoms with Gasteiger partial charge in [0.25, 0.3) is 0 Å². The van der Waals surface area contributed by atoms with Gasteiger partial charge in [0.2, 0.25) is 0 Å². The smallest absolute Gasteiger partial charge is 0.166 e. The van der Waals surface area contributed by atoms with Crippen molar-refractivity contribution in [1.29, 1.82) is 0 Å². The molecule has 6 heteroatoms. The van der Waals surface area contributed by atoms with Crippen molar-refractivity contribution in [3.05, 3.63) is 0 Å². The van der Waals surface area contributed by atoms with E-state index in [0.717, 1.165) is 12.8 Å². The van der Waals surface area contributed by atoms with E-state index in [0.29, 0.717) is 10.9 Å². The first-order valence-electron chi connectivity index (χ1n) is 4.22. The molecule has 1 aliphatic rings. The zero-order chi connectivity index (χ0) is 9.90. The third-order valence-electron chi connectivity index (χ3n) is 2.03. The highest BCUT2D eigenvalue weighted by atomic mass is 32.2. The van der Waals surface area contributed by atoms with Crippen molar-refractivity contribution in [3.63, 3.8) is 0 Å². The topological polar surface area (TPSA) is 58.2 Å². The van der Waals surface area contributed by atoms with E-state index in [1.807, 2.05) is 0 Å². The molecule has 1 rings (SSSR count). The van der Waals surface area contributed by atoms with E-state index < -0.39 is 9.84 Å². The van der Waals surface area contributed by atoms with Gasteiger partial charge in [-0.15, -0.1) is 0 Å². The molecular formula is C7H14N2O2S2. The Labute approximate surface area is 84.0 Å². The minimum absolute atomic E-state index is 0.0151. The van der Waals surface area contributed by atoms with Gasteiger partial charge in [-0.1, -0.05) is 0 Å². The van der Waals surface area contributed by atoms with Gasteiger partial charge < -0.3 is 10.6 Å². The average molecular weight is 222 g/mol. The molecule has 0 bridgehead atoms. The predicted molar refractivity (Wildman–Crippen MR) is 56.5 cm³/mol. The third kappa shape index (κ3) is 3.48. The van der Waals surface area contributed by atoms with E-state index in [1.165, 1.54) is 0 Å². The summed E-state index contributed by atoms with van der Waals surface area (Å²) in [4.78, 5) is 0. The summed E-state index contributed by atoms with van der Waals surface area (Å²) >= 11 is 4.89. The molecule has 1 fully saturated rings. The molecule has 0 radical (unpaired) electrons. The quantitative estimate of drug-likeness (QED) is 0.594. The zero-order valence-electron chi connectivity index (χ0n) is 7.54. The summed E-state index contributed by atoms with van der Waals surface area (Å²) in [6.45, 7) is 0. The number of sulfone groups is 1. The molecular weight excluding hydrogens is 208 g/mol. The van der Waals surface area contributed by atoms with Crippen LogP contribution >= 0.6 is 12.2 Å². The highest BCUT2D eigenvalue weighted by Crippen LogP contribution is 2.11. The highest BCUT2D eigenvalue weighted by molar-refractivity contribution is 7.91. The second-order valence-corrected chi connectivity index (χ2v) is 5.81. The summed E-state index contributed by atoms with van der Waals surface area (Å²) in [7, 11) is -1.12. The van der Waals surface area contributed by atoms with E-state index in [4.69, 9.17) is 12.2 Å². The molecule has 1 saturated heterocycles. The van der Waals surface area contributed by atoms with Crippen molar-refractivity contribution < 1.29 is 8.42 Å². The highest BCUT2D eigenvalue weighted by Gasteiger charge is 2.24. The maximum absolute atomic E-state index is 11.2. The average Bonchev–Trinajstić information content (AvgIpc) is 2.02. The normalized spacial score (nSPS) is 26.4. The first-order chi connectivity index (χ1) is 6.03. The third-order valence-corrected chi connectivity index (χ3v) is 4.17. The van der Waals surface area contributed by atoms with Crippen LogP contribution in [0.1, 0.15) is 12.8 Å². The molecule has 0 aromatic heterocycles. The van der Waals surface area contributed by atoms with Crippen molar-refractivity contribution in [1.82, 2.24) is 10.6 Å². The minimum atomic E-state index is -2.84. The lowest BCUT2D eigenvalue weighted by Gasteiger charge is -2.23. The molecule has 1 heterocycles. The Hall–Kier alpha value is -0.360. The molecule has 13 heavy (non-hydrogen) atoms. The number of hydrogen-bond acceptors (Lipinski definition) is 3. The van der Waals surface area contributed by atoms with Crippen LogP contribution < -0.4 is 10.6 Å². The lowest BCUT2D eigenvalue weighted by Crippen LogP contribution is -2.46. The Morgan fingerprint density at radius 1 is 1.54 bits per heavy atom. The summed E-state index contributed by atoms with van der Waals surface area (Å²) in [5, 5.41) is 6.25. The first kappa shape index (κ1) is 10.7. The van der Waals surface area contributed by atoms with Crippen LogP contribution in [-0.2, 0) is 9.84 Å². The van der Waals surface area contributed by atoms with Crippen LogP contribution in [0.25, 0.3) is 0 Å². The molecule has 0 aromatic rings. The molecule has 0 spiro atoms. The molecule has 0 saturated carbocycles. The second-order valence-electron chi connectivity index (χ2n) is 3.18. The van der Waals surface area contributed by atoms with Crippen LogP contribution in [0.15, 0.2) is 0 Å². The fourth-order valence-electron chi connectivity index (χ4n) is 1.39. The molecule has 4 nitrogen and oxygen atoms in total. The van der Waals surface area contributed by atoms with Crippen molar-refractivity contribution in [2.45, 2.75) is 18.9 Å². The van der Waals surface area contributed by atoms with Crippen LogP contribution in [0.4, 0.5) is 0 Å². The van der Waals surface area contributed by atoms with E-state index in [1.54, 1.807) is 7.05 Å². The molecule has 1 atom stereocenters. The largest absolute Gasteiger partial charge is 0.366 e. The zero-order valence-corrected chi connectivity index (χ0v) is 9.17. The molecule has 1 aliphatic heterocycles. The molecule has 0 aliphatic carbocycles. The summed E-state index contributed by atoms with van der Waals surface area (Å²) in [6.07, 6.45) is 1.60. The van der Waals surface area contributed by atoms with Crippen molar-refractivity contribution >= 4 is 27.2 Å². The Morgan fingerprint density at radius 2 is 2.23 bits per heavy atom. The van der Waals surface area contributed by atoms with Crippen molar-refractivity contribution in [3.8, 4) is 0 Å². The van der Waals surface area contributed by atoms with Crippen LogP contribution in [0.5, 0.6) is 0 Å². The van der Waals surface area contributed by atoms with Gasteiger partial charge in [-0.2, -0.15) is 0 Å². The van der Waals surface area contributed by atoms with Crippen LogP contribution in [-0.4, -0.2) is 38.1 Å². The van der Waals surface area contributed by atoms with Crippen molar-refractivity contribution in [2.75, 3.05) is 18.6 Å². The lowest BCUT2D eigenvalue weighted by atomic mass is 10.2. The molecule has 0 amide bonds. The Balaban J connectivity index is 2.48. The second kappa shape index (κ2) is 4.23. The molecule has 2 N–H and O–H groups in total. The number of thiocarbonyl (C=S) groups is 1. The number of rotatable bonds is 1. The molecule has 0 aromatic carbocycles. The van der Waals surface area contributed by atoms with Gasteiger partial charge in [-0.25, -0.2) is 8.42 Å². The fraction of sp³-hybridized carbons (Fsp3) is 0.857. The Kier molecular flexibility index (Phi) is 3.49. The monoisotopic (exact) mass is 222 g/mol. The van der Waals surface area contributed by atoms with E-state index >= 15 is 0 Å². The fourth-order valence-corrected chi connectivity index (χ4v) is 3.20. The molecule has 76 valence electrons. The van der Waals surface area contributed by atoms with Gasteiger partial charge in [0.05, 0.1) is 11.5 Å². The van der Waals surface area contributed by atoms with Crippen molar-refractivity contribution in [2.24, 2.45) is 0 Å². The minimum Gasteiger partial charge on any atom is -0.366 e. The summed E-state index contributed by atoms with van der Waals surface area (Å²) in [5.41, 5.74) is 0. The van der Waals surface area contributed by atoms with E-state index in [2.05, 4.69) is 10.6 Å². The van der Waals surface area contributed by atoms with Crippen LogP contribution in [0.2, 0.25) is 0 Å². The van der Waals surface area contributed by atoms with Gasteiger partial charge >= 0.3 is 0 Å². The van der Waals surface area contributed by atoms with E-state index in [-0.39, 0.29) is 11.8 Å². The van der Waals surface area contributed by atoms with Gasteiger partial charge in [0.15, 0.2) is 14.9 Å². The SMILES string of the molecule is CNC(=S)NC1CCCS(=O)(=O)C1. The van der Waals surface area contributed by atoms with E-state index in [9.17, 15) is 8.42 Å². The van der Waals surface area contributed by atoms with Crippen LogP contribution in [0.3, 0.4) is 0 Å². The Morgan fingerprint density at radius 3 is 2.77 bits per heavy atom. The van der Waals surface area contributed by atoms with Crippen LogP contribution in [0, 0.1) is 0 Å². The maximum atomic E-state index is 11.2. The Bertz CT molecular complexity index is 287. The summed E-state index contributed by atoms with van der Waals surface area (Å²) < 4.78 is 22.5. The number of hydrogen-bond donors (Lipinski definition) is 2. The standard InChI is InChI=1S/C7H14N2O2S2/c1-8-7(12)9-6-3-2-4-13(10,11)5-6/h6H,2-5H2,1H3,(H2,8,9,12). The maximum Gasteiger partial charge on any atom is 0.166 e. The predicted octanol–water partition coefficient (Wildman–Crippen LogP) is -0.342. The van der Waals surface area contributed by atoms with Gasteiger partial charge in [-0.05, 0) is 25.1 Å². The van der Waals surface area contributed by atoms with Gasteiger partial charge in [0.1, 0.15) is 0 Å². The van der Waals surface area contributed by atoms with Gasteiger partial charge in [0, 0.05) is 13.1 Å².